The van der Waals surface area contributed by atoms with Crippen molar-refractivity contribution >= 4 is 29.1 Å². The Balaban J connectivity index is 0.00000272. The molecule has 4 heteroatoms. The van der Waals surface area contributed by atoms with Gasteiger partial charge >= 0.3 is 5.97 Å². The van der Waals surface area contributed by atoms with Crippen LogP contribution in [0.25, 0.3) is 0 Å². The van der Waals surface area contributed by atoms with Crippen molar-refractivity contribution in [2.45, 2.75) is 12.6 Å². The second-order valence-electron chi connectivity index (χ2n) is 7.33. The molecular formula is C27H24BrO2P. The Hall–Kier alpha value is -2.74. The Morgan fingerprint density at radius 1 is 0.645 bits per heavy atom. The largest absolute Gasteiger partial charge is 1.00 e. The molecule has 0 fully saturated rings. The van der Waals surface area contributed by atoms with Crippen LogP contribution in [0.3, 0.4) is 0 Å². The standard InChI is InChI=1S/C27H23O2P.BrH/c1-21(22-17-19-23(20-18-22)27(28)29)30(24-11-5-2-6-12-24,25-13-7-3-8-14-25)26-15-9-4-10-16-26;/h2-21H,1H3;1H. The minimum atomic E-state index is -2.05. The molecule has 0 aliphatic carbocycles. The van der Waals surface area contributed by atoms with E-state index in [0.717, 1.165) is 5.56 Å². The van der Waals surface area contributed by atoms with E-state index in [0.29, 0.717) is 5.56 Å². The van der Waals surface area contributed by atoms with Gasteiger partial charge in [0.05, 0.1) is 5.56 Å². The van der Waals surface area contributed by atoms with Crippen molar-refractivity contribution in [1.82, 2.24) is 0 Å². The number of halogens is 1. The van der Waals surface area contributed by atoms with E-state index in [9.17, 15) is 9.90 Å². The number of carboxylic acids is 1. The van der Waals surface area contributed by atoms with Crippen LogP contribution in [0.1, 0.15) is 28.5 Å². The molecule has 4 rings (SSSR count). The van der Waals surface area contributed by atoms with E-state index in [4.69, 9.17) is 0 Å². The fraction of sp³-hybridized carbons (Fsp3) is 0.0741. The van der Waals surface area contributed by atoms with Gasteiger partial charge in [-0.05, 0) is 61.0 Å². The molecule has 31 heavy (non-hydrogen) atoms. The van der Waals surface area contributed by atoms with Crippen LogP contribution in [0.2, 0.25) is 0 Å². The van der Waals surface area contributed by atoms with Crippen molar-refractivity contribution < 1.29 is 26.9 Å². The molecule has 156 valence electrons. The van der Waals surface area contributed by atoms with Crippen LogP contribution >= 0.6 is 7.26 Å². The summed E-state index contributed by atoms with van der Waals surface area (Å²) in [7, 11) is -2.05. The molecule has 1 unspecified atom stereocenters. The highest BCUT2D eigenvalue weighted by atomic mass is 79.9. The molecule has 4 aromatic rings. The molecule has 4 aromatic carbocycles. The fourth-order valence-corrected chi connectivity index (χ4v) is 9.02. The summed E-state index contributed by atoms with van der Waals surface area (Å²) in [6.45, 7) is 2.27. The van der Waals surface area contributed by atoms with Crippen LogP contribution in [-0.4, -0.2) is 11.1 Å². The molecule has 0 radical (unpaired) electrons. The molecule has 1 atom stereocenters. The van der Waals surface area contributed by atoms with Gasteiger partial charge in [0.1, 0.15) is 28.8 Å². The molecule has 0 aliphatic heterocycles. The lowest BCUT2D eigenvalue weighted by Crippen LogP contribution is -3.00. The van der Waals surface area contributed by atoms with Crippen LogP contribution in [0, 0.1) is 0 Å². The fourth-order valence-electron chi connectivity index (χ4n) is 4.24. The molecule has 0 bridgehead atoms. The van der Waals surface area contributed by atoms with Crippen molar-refractivity contribution in [3.63, 3.8) is 0 Å². The summed E-state index contributed by atoms with van der Waals surface area (Å²) in [5.41, 5.74) is 1.63. The third-order valence-electron chi connectivity index (χ3n) is 5.71. The predicted molar refractivity (Wildman–Crippen MR) is 127 cm³/mol. The number of hydrogen-bond acceptors (Lipinski definition) is 1. The zero-order chi connectivity index (χ0) is 21.0. The maximum atomic E-state index is 11.4. The summed E-state index contributed by atoms with van der Waals surface area (Å²) in [6, 6.07) is 39.6. The maximum absolute atomic E-state index is 11.4. The Morgan fingerprint density at radius 2 is 1.00 bits per heavy atom. The highest BCUT2D eigenvalue weighted by Crippen LogP contribution is 2.66. The quantitative estimate of drug-likeness (QED) is 0.421. The van der Waals surface area contributed by atoms with Crippen LogP contribution < -0.4 is 32.9 Å². The number of hydrogen-bond donors (Lipinski definition) is 1. The van der Waals surface area contributed by atoms with Gasteiger partial charge in [-0.25, -0.2) is 4.79 Å². The van der Waals surface area contributed by atoms with Gasteiger partial charge in [-0.15, -0.1) is 0 Å². The molecular weight excluding hydrogens is 467 g/mol. The maximum Gasteiger partial charge on any atom is 0.335 e. The molecule has 0 amide bonds. The molecule has 0 aliphatic rings. The SMILES string of the molecule is CC(c1ccc(C(=O)O)cc1)[P+](c1ccccc1)(c1ccccc1)c1ccccc1.[Br-]. The van der Waals surface area contributed by atoms with Gasteiger partial charge < -0.3 is 22.1 Å². The van der Waals surface area contributed by atoms with E-state index >= 15 is 0 Å². The van der Waals surface area contributed by atoms with Crippen LogP contribution in [0.15, 0.2) is 115 Å². The summed E-state index contributed by atoms with van der Waals surface area (Å²) >= 11 is 0. The minimum Gasteiger partial charge on any atom is -1.00 e. The molecule has 1 N–H and O–H groups in total. The van der Waals surface area contributed by atoms with E-state index < -0.39 is 13.2 Å². The summed E-state index contributed by atoms with van der Waals surface area (Å²) < 4.78 is 0. The molecule has 0 heterocycles. The Bertz CT molecular complexity index is 1020. The van der Waals surface area contributed by atoms with E-state index in [-0.39, 0.29) is 22.6 Å². The lowest BCUT2D eigenvalue weighted by molar-refractivity contribution is -0.0000213. The normalized spacial score (nSPS) is 11.9. The first-order valence-corrected chi connectivity index (χ1v) is 11.9. The lowest BCUT2D eigenvalue weighted by atomic mass is 10.1. The predicted octanol–water partition coefficient (Wildman–Crippen LogP) is 2.44. The molecule has 0 saturated heterocycles. The molecule has 0 saturated carbocycles. The van der Waals surface area contributed by atoms with Crippen LogP contribution in [0.5, 0.6) is 0 Å². The van der Waals surface area contributed by atoms with Crippen molar-refractivity contribution in [3.8, 4) is 0 Å². The van der Waals surface area contributed by atoms with E-state index in [1.807, 2.05) is 12.1 Å². The average molecular weight is 491 g/mol. The topological polar surface area (TPSA) is 37.3 Å². The second-order valence-corrected chi connectivity index (χ2v) is 11.1. The van der Waals surface area contributed by atoms with E-state index in [1.165, 1.54) is 15.9 Å². The Morgan fingerprint density at radius 3 is 1.32 bits per heavy atom. The van der Waals surface area contributed by atoms with E-state index in [2.05, 4.69) is 97.9 Å². The highest BCUT2D eigenvalue weighted by molar-refractivity contribution is 7.95. The van der Waals surface area contributed by atoms with Gasteiger partial charge in [-0.1, -0.05) is 66.7 Å². The van der Waals surface area contributed by atoms with Crippen molar-refractivity contribution in [3.05, 3.63) is 126 Å². The first-order chi connectivity index (χ1) is 14.6. The van der Waals surface area contributed by atoms with Gasteiger partial charge in [0, 0.05) is 0 Å². The van der Waals surface area contributed by atoms with Gasteiger partial charge in [0.15, 0.2) is 0 Å². The number of rotatable bonds is 6. The third kappa shape index (κ3) is 4.35. The zero-order valence-electron chi connectivity index (χ0n) is 17.2. The molecule has 0 aromatic heterocycles. The van der Waals surface area contributed by atoms with E-state index in [1.54, 1.807) is 12.1 Å². The van der Waals surface area contributed by atoms with Crippen molar-refractivity contribution in [2.24, 2.45) is 0 Å². The summed E-state index contributed by atoms with van der Waals surface area (Å²) in [4.78, 5) is 11.4. The lowest BCUT2D eigenvalue weighted by Gasteiger charge is -2.33. The average Bonchev–Trinajstić information content (AvgIpc) is 2.82. The van der Waals surface area contributed by atoms with Gasteiger partial charge in [0.25, 0.3) is 0 Å². The molecule has 2 nitrogen and oxygen atoms in total. The van der Waals surface area contributed by atoms with Gasteiger partial charge in [0.2, 0.25) is 0 Å². The Labute approximate surface area is 194 Å². The number of carbonyl (C=O) groups is 1. The first kappa shape index (κ1) is 22.9. The summed E-state index contributed by atoms with van der Waals surface area (Å²) in [6.07, 6.45) is 0. The molecule has 0 spiro atoms. The third-order valence-corrected chi connectivity index (χ3v) is 10.5. The monoisotopic (exact) mass is 490 g/mol. The highest BCUT2D eigenvalue weighted by Gasteiger charge is 2.50. The number of aromatic carboxylic acids is 1. The minimum absolute atomic E-state index is 0. The van der Waals surface area contributed by atoms with Crippen molar-refractivity contribution in [2.75, 3.05) is 0 Å². The zero-order valence-corrected chi connectivity index (χ0v) is 19.7. The Kier molecular flexibility index (Phi) is 7.43. The second kappa shape index (κ2) is 10.0. The van der Waals surface area contributed by atoms with Gasteiger partial charge in [-0.3, -0.25) is 0 Å². The van der Waals surface area contributed by atoms with Gasteiger partial charge in [-0.2, -0.15) is 0 Å². The first-order valence-electron chi connectivity index (χ1n) is 10.0. The number of benzene rings is 4. The number of carboxylic acid groups (broad SMARTS) is 1. The van der Waals surface area contributed by atoms with Crippen molar-refractivity contribution in [1.29, 1.82) is 0 Å². The smallest absolute Gasteiger partial charge is 0.335 e. The summed E-state index contributed by atoms with van der Waals surface area (Å²) in [5, 5.41) is 13.3. The van der Waals surface area contributed by atoms with Crippen LogP contribution in [-0.2, 0) is 0 Å². The summed E-state index contributed by atoms with van der Waals surface area (Å²) in [5.74, 6) is -0.899. The van der Waals surface area contributed by atoms with Crippen LogP contribution in [0.4, 0.5) is 0 Å².